The quantitative estimate of drug-likeness (QED) is 0.891. The summed E-state index contributed by atoms with van der Waals surface area (Å²) >= 11 is 5.86. The third-order valence-electron chi connectivity index (χ3n) is 2.95. The molecule has 3 rings (SSSR count). The van der Waals surface area contributed by atoms with E-state index >= 15 is 0 Å². The summed E-state index contributed by atoms with van der Waals surface area (Å²) in [5.41, 5.74) is 0.647. The number of piperidine rings is 1. The molecule has 0 bridgehead atoms. The monoisotopic (exact) mass is 253 g/mol. The lowest BCUT2D eigenvalue weighted by Gasteiger charge is -2.19. The first-order valence-electron chi connectivity index (χ1n) is 5.62. The Hall–Kier alpha value is -1.33. The first kappa shape index (κ1) is 10.8. The summed E-state index contributed by atoms with van der Waals surface area (Å²) in [5, 5.41) is 7.61. The third kappa shape index (κ3) is 2.08. The maximum absolute atomic E-state index is 5.86. The van der Waals surface area contributed by atoms with Crippen LogP contribution in [-0.4, -0.2) is 23.2 Å². The van der Waals surface area contributed by atoms with Crippen molar-refractivity contribution in [1.29, 1.82) is 0 Å². The Morgan fingerprint density at radius 1 is 1.47 bits per heavy atom. The molecule has 0 saturated carbocycles. The number of halogens is 1. The van der Waals surface area contributed by atoms with Gasteiger partial charge in [-0.2, -0.15) is 4.98 Å². The van der Waals surface area contributed by atoms with Crippen LogP contribution in [0, 0.1) is 0 Å². The Balaban J connectivity index is 1.85. The second kappa shape index (κ2) is 4.50. The van der Waals surface area contributed by atoms with Crippen molar-refractivity contribution in [2.75, 3.05) is 13.1 Å². The summed E-state index contributed by atoms with van der Waals surface area (Å²) < 4.78 is 10.2. The van der Waals surface area contributed by atoms with Crippen molar-refractivity contribution in [2.45, 2.75) is 18.8 Å². The molecule has 2 aromatic heterocycles. The van der Waals surface area contributed by atoms with Crippen molar-refractivity contribution >= 4 is 11.6 Å². The fourth-order valence-corrected chi connectivity index (χ4v) is 2.22. The van der Waals surface area contributed by atoms with Crippen LogP contribution in [0.3, 0.4) is 0 Å². The van der Waals surface area contributed by atoms with E-state index in [2.05, 4.69) is 15.5 Å². The van der Waals surface area contributed by atoms with Gasteiger partial charge in [-0.15, -0.1) is 0 Å². The predicted octanol–water partition coefficient (Wildman–Crippen LogP) is 2.45. The van der Waals surface area contributed by atoms with Gasteiger partial charge in [0.2, 0.25) is 5.22 Å². The lowest BCUT2D eigenvalue weighted by molar-refractivity contribution is 0.393. The molecular weight excluding hydrogens is 242 g/mol. The van der Waals surface area contributed by atoms with Gasteiger partial charge in [0.15, 0.2) is 5.82 Å². The first-order valence-corrected chi connectivity index (χ1v) is 6.00. The molecule has 1 fully saturated rings. The van der Waals surface area contributed by atoms with Gasteiger partial charge in [-0.1, -0.05) is 5.16 Å². The molecule has 2 aromatic rings. The highest BCUT2D eigenvalue weighted by atomic mass is 35.5. The van der Waals surface area contributed by atoms with E-state index in [1.165, 1.54) is 6.26 Å². The lowest BCUT2D eigenvalue weighted by Crippen LogP contribution is -2.28. The maximum Gasteiger partial charge on any atom is 0.262 e. The van der Waals surface area contributed by atoms with Crippen LogP contribution in [0.25, 0.3) is 11.5 Å². The molecule has 0 radical (unpaired) electrons. The number of nitrogens with zero attached hydrogens (tertiary/aromatic N) is 2. The SMILES string of the molecule is Clc1occc1-c1nc(C2CCCNC2)no1. The van der Waals surface area contributed by atoms with Crippen molar-refractivity contribution in [3.05, 3.63) is 23.4 Å². The van der Waals surface area contributed by atoms with Crippen LogP contribution in [0.4, 0.5) is 0 Å². The Morgan fingerprint density at radius 2 is 2.41 bits per heavy atom. The van der Waals surface area contributed by atoms with Gasteiger partial charge in [-0.3, -0.25) is 0 Å². The van der Waals surface area contributed by atoms with Crippen molar-refractivity contribution < 1.29 is 8.94 Å². The molecule has 5 nitrogen and oxygen atoms in total. The van der Waals surface area contributed by atoms with Crippen LogP contribution in [0.2, 0.25) is 5.22 Å². The Kier molecular flexibility index (Phi) is 2.86. The van der Waals surface area contributed by atoms with Crippen molar-refractivity contribution in [2.24, 2.45) is 0 Å². The van der Waals surface area contributed by atoms with Gasteiger partial charge < -0.3 is 14.3 Å². The minimum Gasteiger partial charge on any atom is -0.452 e. The van der Waals surface area contributed by atoms with Gasteiger partial charge in [0.25, 0.3) is 5.89 Å². The Bertz CT molecular complexity index is 502. The van der Waals surface area contributed by atoms with Crippen LogP contribution in [0.5, 0.6) is 0 Å². The number of rotatable bonds is 2. The van der Waals surface area contributed by atoms with E-state index in [-0.39, 0.29) is 5.22 Å². The van der Waals surface area contributed by atoms with E-state index in [1.54, 1.807) is 6.07 Å². The smallest absolute Gasteiger partial charge is 0.262 e. The summed E-state index contributed by atoms with van der Waals surface area (Å²) in [4.78, 5) is 4.38. The molecule has 1 aliphatic rings. The predicted molar refractivity (Wildman–Crippen MR) is 61.9 cm³/mol. The first-order chi connectivity index (χ1) is 8.34. The van der Waals surface area contributed by atoms with Crippen LogP contribution >= 0.6 is 11.6 Å². The zero-order valence-electron chi connectivity index (χ0n) is 9.15. The molecular formula is C11H12ClN3O2. The van der Waals surface area contributed by atoms with Gasteiger partial charge in [0, 0.05) is 12.5 Å². The fourth-order valence-electron chi connectivity index (χ4n) is 2.03. The molecule has 1 atom stereocenters. The molecule has 17 heavy (non-hydrogen) atoms. The van der Waals surface area contributed by atoms with Crippen molar-refractivity contribution in [1.82, 2.24) is 15.5 Å². The van der Waals surface area contributed by atoms with E-state index in [0.717, 1.165) is 31.8 Å². The number of nitrogens with one attached hydrogen (secondary N) is 1. The van der Waals surface area contributed by atoms with Gasteiger partial charge >= 0.3 is 0 Å². The molecule has 6 heteroatoms. The Labute approximate surface area is 103 Å². The second-order valence-electron chi connectivity index (χ2n) is 4.11. The van der Waals surface area contributed by atoms with Gasteiger partial charge in [0.05, 0.1) is 11.8 Å². The van der Waals surface area contributed by atoms with Gasteiger partial charge in [-0.25, -0.2) is 0 Å². The molecule has 0 aliphatic carbocycles. The Morgan fingerprint density at radius 3 is 3.12 bits per heavy atom. The van der Waals surface area contributed by atoms with E-state index < -0.39 is 0 Å². The van der Waals surface area contributed by atoms with Crippen LogP contribution in [0.1, 0.15) is 24.6 Å². The molecule has 3 heterocycles. The van der Waals surface area contributed by atoms with E-state index in [0.29, 0.717) is 17.4 Å². The number of hydrogen-bond donors (Lipinski definition) is 1. The average molecular weight is 254 g/mol. The summed E-state index contributed by atoms with van der Waals surface area (Å²) in [6.45, 7) is 1.97. The van der Waals surface area contributed by atoms with Crippen LogP contribution in [-0.2, 0) is 0 Å². The average Bonchev–Trinajstić information content (AvgIpc) is 2.98. The zero-order chi connectivity index (χ0) is 11.7. The molecule has 1 saturated heterocycles. The normalized spacial score (nSPS) is 20.6. The van der Waals surface area contributed by atoms with Crippen molar-refractivity contribution in [3.8, 4) is 11.5 Å². The van der Waals surface area contributed by atoms with E-state index in [1.807, 2.05) is 0 Å². The maximum atomic E-state index is 5.86. The standard InChI is InChI=1S/C11H12ClN3O2/c12-9-8(3-5-16-9)11-14-10(15-17-11)7-2-1-4-13-6-7/h3,5,7,13H,1-2,4,6H2. The largest absolute Gasteiger partial charge is 0.452 e. The fraction of sp³-hybridized carbons (Fsp3) is 0.455. The third-order valence-corrected chi connectivity index (χ3v) is 3.24. The molecule has 0 aromatic carbocycles. The molecule has 90 valence electrons. The minimum atomic E-state index is 0.280. The molecule has 0 spiro atoms. The van der Waals surface area contributed by atoms with E-state index in [4.69, 9.17) is 20.5 Å². The molecule has 1 aliphatic heterocycles. The summed E-state index contributed by atoms with van der Waals surface area (Å²) in [7, 11) is 0. The highest BCUT2D eigenvalue weighted by molar-refractivity contribution is 6.31. The summed E-state index contributed by atoms with van der Waals surface area (Å²) in [5.74, 6) is 1.49. The van der Waals surface area contributed by atoms with Crippen LogP contribution < -0.4 is 5.32 Å². The highest BCUT2D eigenvalue weighted by Crippen LogP contribution is 2.29. The molecule has 1 unspecified atom stereocenters. The number of furan rings is 1. The van der Waals surface area contributed by atoms with Gasteiger partial charge in [-0.05, 0) is 37.1 Å². The second-order valence-corrected chi connectivity index (χ2v) is 4.45. The zero-order valence-corrected chi connectivity index (χ0v) is 9.91. The minimum absolute atomic E-state index is 0.280. The number of aromatic nitrogens is 2. The number of hydrogen-bond acceptors (Lipinski definition) is 5. The van der Waals surface area contributed by atoms with Gasteiger partial charge in [0.1, 0.15) is 0 Å². The highest BCUT2D eigenvalue weighted by Gasteiger charge is 2.22. The topological polar surface area (TPSA) is 64.1 Å². The summed E-state index contributed by atoms with van der Waals surface area (Å²) in [6, 6.07) is 1.72. The van der Waals surface area contributed by atoms with E-state index in [9.17, 15) is 0 Å². The summed E-state index contributed by atoms with van der Waals surface area (Å²) in [6.07, 6.45) is 3.73. The van der Waals surface area contributed by atoms with Crippen molar-refractivity contribution in [3.63, 3.8) is 0 Å². The molecule has 0 amide bonds. The van der Waals surface area contributed by atoms with Crippen LogP contribution in [0.15, 0.2) is 21.3 Å². The lowest BCUT2D eigenvalue weighted by atomic mass is 9.99. The molecule has 1 N–H and O–H groups in total.